The van der Waals surface area contributed by atoms with E-state index in [2.05, 4.69) is 10.6 Å². The zero-order chi connectivity index (χ0) is 15.2. The highest BCUT2D eigenvalue weighted by Gasteiger charge is 2.23. The minimum Gasteiger partial charge on any atom is -0.480 e. The van der Waals surface area contributed by atoms with Crippen LogP contribution in [0.2, 0.25) is 0 Å². The normalized spacial score (nSPS) is 13.1. The van der Waals surface area contributed by atoms with E-state index in [1.165, 1.54) is 6.92 Å². The Balaban J connectivity index is 4.94. The SMILES string of the molecule is CC(C)=C(NC(=O)[C@H](C)N)C(=O)N[C@@H](CO)C(=O)O. The second-order valence-electron chi connectivity index (χ2n) is 4.20. The Labute approximate surface area is 110 Å². The molecule has 0 unspecified atom stereocenters. The van der Waals surface area contributed by atoms with Gasteiger partial charge in [0, 0.05) is 0 Å². The van der Waals surface area contributed by atoms with Crippen molar-refractivity contribution in [2.75, 3.05) is 6.61 Å². The van der Waals surface area contributed by atoms with Gasteiger partial charge in [-0.3, -0.25) is 9.59 Å². The quantitative estimate of drug-likeness (QED) is 0.365. The lowest BCUT2D eigenvalue weighted by atomic mass is 10.2. The number of carboxylic acids is 1. The fraction of sp³-hybridized carbons (Fsp3) is 0.545. The molecule has 0 saturated carbocycles. The molecule has 0 aliphatic rings. The molecule has 0 aliphatic carbocycles. The number of aliphatic hydroxyl groups is 1. The summed E-state index contributed by atoms with van der Waals surface area (Å²) in [5.41, 5.74) is 5.76. The molecule has 0 bridgehead atoms. The van der Waals surface area contributed by atoms with Crippen molar-refractivity contribution in [3.8, 4) is 0 Å². The second kappa shape index (κ2) is 7.49. The Kier molecular flexibility index (Phi) is 6.73. The Morgan fingerprint density at radius 2 is 1.79 bits per heavy atom. The summed E-state index contributed by atoms with van der Waals surface area (Å²) < 4.78 is 0. The number of nitrogens with two attached hydrogens (primary N) is 1. The minimum atomic E-state index is -1.44. The van der Waals surface area contributed by atoms with Gasteiger partial charge in [-0.15, -0.1) is 0 Å². The average molecular weight is 273 g/mol. The van der Waals surface area contributed by atoms with Crippen LogP contribution in [-0.2, 0) is 14.4 Å². The molecule has 0 rings (SSSR count). The van der Waals surface area contributed by atoms with Crippen molar-refractivity contribution in [1.29, 1.82) is 0 Å². The number of carboxylic acid groups (broad SMARTS) is 1. The number of hydrogen-bond acceptors (Lipinski definition) is 5. The van der Waals surface area contributed by atoms with Crippen molar-refractivity contribution in [3.05, 3.63) is 11.3 Å². The van der Waals surface area contributed by atoms with Crippen molar-refractivity contribution >= 4 is 17.8 Å². The van der Waals surface area contributed by atoms with Gasteiger partial charge in [0.25, 0.3) is 5.91 Å². The van der Waals surface area contributed by atoms with Gasteiger partial charge in [0.1, 0.15) is 5.70 Å². The first-order valence-corrected chi connectivity index (χ1v) is 5.59. The first-order valence-electron chi connectivity index (χ1n) is 5.59. The molecular formula is C11H19N3O5. The molecule has 0 aromatic rings. The third-order valence-corrected chi connectivity index (χ3v) is 2.17. The fourth-order valence-corrected chi connectivity index (χ4v) is 1.06. The molecule has 0 aliphatic heterocycles. The largest absolute Gasteiger partial charge is 0.480 e. The van der Waals surface area contributed by atoms with Crippen LogP contribution >= 0.6 is 0 Å². The van der Waals surface area contributed by atoms with Crippen LogP contribution in [0.25, 0.3) is 0 Å². The number of allylic oxidation sites excluding steroid dienone is 1. The van der Waals surface area contributed by atoms with Gasteiger partial charge in [0.05, 0.1) is 12.6 Å². The molecule has 0 aromatic heterocycles. The predicted octanol–water partition coefficient (Wildman–Crippen LogP) is -1.69. The molecule has 8 nitrogen and oxygen atoms in total. The molecule has 8 heteroatoms. The van der Waals surface area contributed by atoms with Crippen molar-refractivity contribution in [1.82, 2.24) is 10.6 Å². The maximum Gasteiger partial charge on any atom is 0.328 e. The van der Waals surface area contributed by atoms with Crippen LogP contribution in [0.3, 0.4) is 0 Å². The van der Waals surface area contributed by atoms with Crippen molar-refractivity contribution < 1.29 is 24.6 Å². The van der Waals surface area contributed by atoms with Crippen LogP contribution in [0.15, 0.2) is 11.3 Å². The highest BCUT2D eigenvalue weighted by molar-refractivity contribution is 6.00. The summed E-state index contributed by atoms with van der Waals surface area (Å²) in [7, 11) is 0. The fourth-order valence-electron chi connectivity index (χ4n) is 1.06. The van der Waals surface area contributed by atoms with Crippen LogP contribution in [0, 0.1) is 0 Å². The zero-order valence-electron chi connectivity index (χ0n) is 11.1. The summed E-state index contributed by atoms with van der Waals surface area (Å²) in [5.74, 6) is -2.74. The number of amides is 2. The van der Waals surface area contributed by atoms with E-state index in [0.717, 1.165) is 0 Å². The average Bonchev–Trinajstić information content (AvgIpc) is 2.31. The van der Waals surface area contributed by atoms with E-state index in [0.29, 0.717) is 5.57 Å². The van der Waals surface area contributed by atoms with Crippen molar-refractivity contribution in [2.45, 2.75) is 32.9 Å². The van der Waals surface area contributed by atoms with Crippen LogP contribution in [-0.4, -0.2) is 46.7 Å². The second-order valence-corrected chi connectivity index (χ2v) is 4.20. The molecule has 0 spiro atoms. The smallest absolute Gasteiger partial charge is 0.328 e. The third-order valence-electron chi connectivity index (χ3n) is 2.17. The maximum atomic E-state index is 11.8. The number of hydrogen-bond donors (Lipinski definition) is 5. The lowest BCUT2D eigenvalue weighted by Gasteiger charge is -2.16. The summed E-state index contributed by atoms with van der Waals surface area (Å²) in [6.07, 6.45) is 0. The van der Waals surface area contributed by atoms with Crippen molar-refractivity contribution in [2.24, 2.45) is 5.73 Å². The molecule has 2 amide bonds. The molecular weight excluding hydrogens is 254 g/mol. The molecule has 19 heavy (non-hydrogen) atoms. The lowest BCUT2D eigenvalue weighted by Crippen LogP contribution is -2.48. The molecule has 0 fully saturated rings. The van der Waals surface area contributed by atoms with Gasteiger partial charge in [-0.25, -0.2) is 4.79 Å². The lowest BCUT2D eigenvalue weighted by molar-refractivity contribution is -0.142. The highest BCUT2D eigenvalue weighted by Crippen LogP contribution is 2.01. The van der Waals surface area contributed by atoms with E-state index in [1.807, 2.05) is 0 Å². The summed E-state index contributed by atoms with van der Waals surface area (Å²) >= 11 is 0. The number of rotatable bonds is 6. The van der Waals surface area contributed by atoms with Gasteiger partial charge in [0.2, 0.25) is 5.91 Å². The Hall–Kier alpha value is -1.93. The van der Waals surface area contributed by atoms with Gasteiger partial charge < -0.3 is 26.6 Å². The monoisotopic (exact) mass is 273 g/mol. The predicted molar refractivity (Wildman–Crippen MR) is 66.8 cm³/mol. The highest BCUT2D eigenvalue weighted by atomic mass is 16.4. The van der Waals surface area contributed by atoms with Crippen LogP contribution in [0.5, 0.6) is 0 Å². The molecule has 6 N–H and O–H groups in total. The number of nitrogens with one attached hydrogen (secondary N) is 2. The summed E-state index contributed by atoms with van der Waals surface area (Å²) in [6.45, 7) is 3.85. The standard InChI is InChI=1S/C11H19N3O5/c1-5(2)8(14-9(16)6(3)12)10(17)13-7(4-15)11(18)19/h6-7,15H,4,12H2,1-3H3,(H,13,17)(H,14,16)(H,18,19)/t6-,7-/m0/s1. The minimum absolute atomic E-state index is 0.0815. The molecule has 0 aromatic carbocycles. The zero-order valence-corrected chi connectivity index (χ0v) is 11.1. The van der Waals surface area contributed by atoms with E-state index in [4.69, 9.17) is 15.9 Å². The Bertz CT molecular complexity index is 399. The van der Waals surface area contributed by atoms with Crippen molar-refractivity contribution in [3.63, 3.8) is 0 Å². The van der Waals surface area contributed by atoms with Gasteiger partial charge in [-0.1, -0.05) is 0 Å². The van der Waals surface area contributed by atoms with Gasteiger partial charge in [-0.2, -0.15) is 0 Å². The summed E-state index contributed by atoms with van der Waals surface area (Å²) in [6, 6.07) is -2.25. The Morgan fingerprint density at radius 3 is 2.11 bits per heavy atom. The first kappa shape index (κ1) is 17.1. The van der Waals surface area contributed by atoms with Crippen LogP contribution in [0.4, 0.5) is 0 Å². The topological polar surface area (TPSA) is 142 Å². The number of carbonyl (C=O) groups excluding carboxylic acids is 2. The van der Waals surface area contributed by atoms with Gasteiger partial charge >= 0.3 is 5.97 Å². The van der Waals surface area contributed by atoms with Crippen LogP contribution < -0.4 is 16.4 Å². The van der Waals surface area contributed by atoms with Crippen LogP contribution in [0.1, 0.15) is 20.8 Å². The van der Waals surface area contributed by atoms with E-state index in [1.54, 1.807) is 13.8 Å². The van der Waals surface area contributed by atoms with E-state index in [9.17, 15) is 14.4 Å². The first-order chi connectivity index (χ1) is 8.70. The molecule has 0 heterocycles. The maximum absolute atomic E-state index is 11.8. The number of aliphatic hydroxyl groups excluding tert-OH is 1. The van der Waals surface area contributed by atoms with Gasteiger partial charge in [0.15, 0.2) is 6.04 Å². The molecule has 2 atom stereocenters. The number of aliphatic carboxylic acids is 1. The van der Waals surface area contributed by atoms with E-state index < -0.39 is 36.5 Å². The van der Waals surface area contributed by atoms with E-state index in [-0.39, 0.29) is 5.70 Å². The molecule has 0 saturated heterocycles. The number of carbonyl (C=O) groups is 3. The third kappa shape index (κ3) is 5.49. The summed E-state index contributed by atoms with van der Waals surface area (Å²) in [4.78, 5) is 33.9. The molecule has 0 radical (unpaired) electrons. The summed E-state index contributed by atoms with van der Waals surface area (Å²) in [5, 5.41) is 21.9. The van der Waals surface area contributed by atoms with E-state index >= 15 is 0 Å². The van der Waals surface area contributed by atoms with Gasteiger partial charge in [-0.05, 0) is 26.3 Å². The Morgan fingerprint density at radius 1 is 1.26 bits per heavy atom. The molecule has 108 valence electrons.